The van der Waals surface area contributed by atoms with Crippen molar-refractivity contribution >= 4 is 5.91 Å². The fraction of sp³-hybridized carbons (Fsp3) is 0.400. The van der Waals surface area contributed by atoms with Crippen LogP contribution in [-0.2, 0) is 0 Å². The number of benzene rings is 1. The van der Waals surface area contributed by atoms with Crippen LogP contribution in [0.25, 0.3) is 11.1 Å². The van der Waals surface area contributed by atoms with E-state index in [1.54, 1.807) is 12.3 Å². The number of carbonyl (C=O) groups is 1. The maximum Gasteiger partial charge on any atom is 0.253 e. The van der Waals surface area contributed by atoms with Gasteiger partial charge in [-0.05, 0) is 38.3 Å². The van der Waals surface area contributed by atoms with E-state index in [9.17, 15) is 13.6 Å². The van der Waals surface area contributed by atoms with E-state index in [0.717, 1.165) is 22.3 Å². The molecule has 1 saturated carbocycles. The van der Waals surface area contributed by atoms with Crippen molar-refractivity contribution in [3.05, 3.63) is 53.3 Å². The number of rotatable bonds is 3. The number of hydrogen-bond donors (Lipinski definition) is 1. The molecule has 3 nitrogen and oxygen atoms in total. The Balaban J connectivity index is 1.78. The molecule has 1 aromatic carbocycles. The average Bonchev–Trinajstić information content (AvgIpc) is 2.53. The molecule has 1 aromatic heterocycles. The van der Waals surface area contributed by atoms with Gasteiger partial charge in [-0.2, -0.15) is 0 Å². The van der Waals surface area contributed by atoms with Crippen LogP contribution in [0, 0.1) is 13.8 Å². The van der Waals surface area contributed by atoms with Crippen LogP contribution in [0.2, 0.25) is 0 Å². The Labute approximate surface area is 146 Å². The molecule has 0 saturated heterocycles. The van der Waals surface area contributed by atoms with Gasteiger partial charge in [0, 0.05) is 36.8 Å². The van der Waals surface area contributed by atoms with E-state index in [2.05, 4.69) is 16.4 Å². The van der Waals surface area contributed by atoms with Crippen molar-refractivity contribution in [2.24, 2.45) is 0 Å². The van der Waals surface area contributed by atoms with Gasteiger partial charge in [0.25, 0.3) is 5.91 Å². The zero-order valence-electron chi connectivity index (χ0n) is 14.5. The van der Waals surface area contributed by atoms with Gasteiger partial charge >= 0.3 is 0 Å². The highest BCUT2D eigenvalue weighted by Crippen LogP contribution is 2.33. The highest BCUT2D eigenvalue weighted by Gasteiger charge is 2.36. The Hall–Kier alpha value is -2.30. The smallest absolute Gasteiger partial charge is 0.253 e. The Kier molecular flexibility index (Phi) is 4.84. The molecule has 5 heteroatoms. The second-order valence-electron chi connectivity index (χ2n) is 6.96. The fourth-order valence-corrected chi connectivity index (χ4v) is 3.43. The zero-order valence-corrected chi connectivity index (χ0v) is 14.5. The van der Waals surface area contributed by atoms with E-state index in [0.29, 0.717) is 18.4 Å². The minimum absolute atomic E-state index is 0.0941. The Morgan fingerprint density at radius 2 is 1.84 bits per heavy atom. The predicted octanol–water partition coefficient (Wildman–Crippen LogP) is 4.67. The minimum atomic E-state index is -2.69. The first-order valence-corrected chi connectivity index (χ1v) is 8.55. The minimum Gasteiger partial charge on any atom is -0.349 e. The van der Waals surface area contributed by atoms with Crippen molar-refractivity contribution in [2.45, 2.75) is 51.5 Å². The van der Waals surface area contributed by atoms with Crippen LogP contribution in [0.4, 0.5) is 8.78 Å². The van der Waals surface area contributed by atoms with E-state index in [-0.39, 0.29) is 18.7 Å². The number of pyridine rings is 1. The third kappa shape index (κ3) is 4.41. The fourth-order valence-electron chi connectivity index (χ4n) is 3.43. The molecule has 0 spiro atoms. The molecule has 1 atom stereocenters. The summed E-state index contributed by atoms with van der Waals surface area (Å²) < 4.78 is 27.0. The summed E-state index contributed by atoms with van der Waals surface area (Å²) in [4.78, 5) is 16.6. The third-order valence-corrected chi connectivity index (χ3v) is 4.53. The van der Waals surface area contributed by atoms with Crippen LogP contribution in [0.1, 0.15) is 47.2 Å². The van der Waals surface area contributed by atoms with Crippen LogP contribution in [0.3, 0.4) is 0 Å². The summed E-state index contributed by atoms with van der Waals surface area (Å²) >= 11 is 0. The molecule has 132 valence electrons. The highest BCUT2D eigenvalue weighted by atomic mass is 19.3. The number of hydrogen-bond acceptors (Lipinski definition) is 2. The molecular formula is C20H22F2N2O. The molecular weight excluding hydrogens is 322 g/mol. The zero-order chi connectivity index (χ0) is 18.0. The Morgan fingerprint density at radius 1 is 1.12 bits per heavy atom. The number of aromatic nitrogens is 1. The van der Waals surface area contributed by atoms with E-state index in [4.69, 9.17) is 0 Å². The van der Waals surface area contributed by atoms with Gasteiger partial charge in [0.1, 0.15) is 0 Å². The van der Waals surface area contributed by atoms with E-state index in [1.165, 1.54) is 6.20 Å². The van der Waals surface area contributed by atoms with Crippen molar-refractivity contribution < 1.29 is 13.6 Å². The monoisotopic (exact) mass is 344 g/mol. The van der Waals surface area contributed by atoms with Crippen LogP contribution in [0.5, 0.6) is 0 Å². The molecule has 1 N–H and O–H groups in total. The topological polar surface area (TPSA) is 42.0 Å². The summed E-state index contributed by atoms with van der Waals surface area (Å²) in [5.41, 5.74) is 4.49. The SMILES string of the molecule is Cc1cc(C)cc(-c2cncc(C(=O)NC3CCCC(F)(F)C3)c2)c1. The van der Waals surface area contributed by atoms with Crippen molar-refractivity contribution in [2.75, 3.05) is 0 Å². The molecule has 1 amide bonds. The van der Waals surface area contributed by atoms with Gasteiger partial charge in [-0.15, -0.1) is 0 Å². The summed E-state index contributed by atoms with van der Waals surface area (Å²) in [6, 6.07) is 7.43. The molecule has 1 aliphatic carbocycles. The van der Waals surface area contributed by atoms with E-state index in [1.807, 2.05) is 26.0 Å². The van der Waals surface area contributed by atoms with Crippen molar-refractivity contribution in [3.8, 4) is 11.1 Å². The van der Waals surface area contributed by atoms with Gasteiger partial charge < -0.3 is 5.32 Å². The van der Waals surface area contributed by atoms with Crippen LogP contribution >= 0.6 is 0 Å². The van der Waals surface area contributed by atoms with Gasteiger partial charge in [0.05, 0.1) is 5.56 Å². The summed E-state index contributed by atoms with van der Waals surface area (Å²) in [5, 5.41) is 2.73. The van der Waals surface area contributed by atoms with Gasteiger partial charge in [-0.25, -0.2) is 8.78 Å². The lowest BCUT2D eigenvalue weighted by atomic mass is 9.92. The second kappa shape index (κ2) is 6.90. The molecule has 1 unspecified atom stereocenters. The molecule has 1 heterocycles. The second-order valence-corrected chi connectivity index (χ2v) is 6.96. The van der Waals surface area contributed by atoms with E-state index >= 15 is 0 Å². The highest BCUT2D eigenvalue weighted by molar-refractivity contribution is 5.95. The molecule has 25 heavy (non-hydrogen) atoms. The predicted molar refractivity (Wildman–Crippen MR) is 93.8 cm³/mol. The van der Waals surface area contributed by atoms with Crippen LogP contribution in [0.15, 0.2) is 36.7 Å². The number of halogens is 2. The lowest BCUT2D eigenvalue weighted by Crippen LogP contribution is -2.42. The number of alkyl halides is 2. The maximum absolute atomic E-state index is 13.5. The maximum atomic E-state index is 13.5. The van der Waals surface area contributed by atoms with E-state index < -0.39 is 12.0 Å². The number of carbonyl (C=O) groups excluding carboxylic acids is 1. The van der Waals surface area contributed by atoms with Crippen molar-refractivity contribution in [3.63, 3.8) is 0 Å². The Morgan fingerprint density at radius 3 is 2.52 bits per heavy atom. The van der Waals surface area contributed by atoms with Crippen molar-refractivity contribution in [1.29, 1.82) is 0 Å². The third-order valence-electron chi connectivity index (χ3n) is 4.53. The molecule has 0 bridgehead atoms. The lowest BCUT2D eigenvalue weighted by molar-refractivity contribution is -0.0429. The first-order chi connectivity index (χ1) is 11.8. The molecule has 1 fully saturated rings. The average molecular weight is 344 g/mol. The first-order valence-electron chi connectivity index (χ1n) is 8.55. The summed E-state index contributed by atoms with van der Waals surface area (Å²) in [7, 11) is 0. The number of amides is 1. The van der Waals surface area contributed by atoms with Gasteiger partial charge in [-0.3, -0.25) is 9.78 Å². The van der Waals surface area contributed by atoms with Crippen LogP contribution < -0.4 is 5.32 Å². The normalized spacial score (nSPS) is 19.4. The van der Waals surface area contributed by atoms with Gasteiger partial charge in [0.2, 0.25) is 5.92 Å². The molecule has 3 rings (SSSR count). The van der Waals surface area contributed by atoms with Gasteiger partial charge in [-0.1, -0.05) is 29.3 Å². The number of aryl methyl sites for hydroxylation is 2. The van der Waals surface area contributed by atoms with Crippen LogP contribution in [-0.4, -0.2) is 22.9 Å². The molecule has 1 aliphatic rings. The van der Waals surface area contributed by atoms with Gasteiger partial charge in [0.15, 0.2) is 0 Å². The largest absolute Gasteiger partial charge is 0.349 e. The van der Waals surface area contributed by atoms with Crippen molar-refractivity contribution in [1.82, 2.24) is 10.3 Å². The standard InChI is InChI=1S/C20H22F2N2O/c1-13-6-14(2)8-15(7-13)16-9-17(12-23-11-16)19(25)24-18-4-3-5-20(21,22)10-18/h6-9,11-12,18H,3-5,10H2,1-2H3,(H,24,25). The lowest BCUT2D eigenvalue weighted by Gasteiger charge is -2.29. The molecule has 0 radical (unpaired) electrons. The first kappa shape index (κ1) is 17.5. The number of nitrogens with one attached hydrogen (secondary N) is 1. The Bertz CT molecular complexity index is 769. The summed E-state index contributed by atoms with van der Waals surface area (Å²) in [6.07, 6.45) is 3.82. The summed E-state index contributed by atoms with van der Waals surface area (Å²) in [5.74, 6) is -3.03. The number of nitrogens with zero attached hydrogens (tertiary/aromatic N) is 1. The summed E-state index contributed by atoms with van der Waals surface area (Å²) in [6.45, 7) is 4.04. The quantitative estimate of drug-likeness (QED) is 0.879. The molecule has 2 aromatic rings. The molecule has 0 aliphatic heterocycles.